The van der Waals surface area contributed by atoms with Gasteiger partial charge in [0.1, 0.15) is 6.04 Å². The Morgan fingerprint density at radius 1 is 1.16 bits per heavy atom. The fourth-order valence-electron chi connectivity index (χ4n) is 3.74. The number of nitrogens with zero attached hydrogens (tertiary/aromatic N) is 1. The standard InChI is InChI=1S/C23H35N3O5/c1-4-9-20(24)31-21(28)13-12-18(25-17(3)27)23(29)30-19-11-8-10-16(2)22(19)26-14-6-5-7-15-26/h8,10-11,18,20H,4-7,9,12-15,24H2,1-3H3,(H,25,27)/t18-,20+/m1/s1. The molecule has 0 bridgehead atoms. The van der Waals surface area contributed by atoms with Gasteiger partial charge in [-0.15, -0.1) is 0 Å². The zero-order valence-electron chi connectivity index (χ0n) is 18.8. The monoisotopic (exact) mass is 433 g/mol. The number of aryl methyl sites for hydroxylation is 1. The maximum Gasteiger partial charge on any atom is 0.334 e. The molecule has 0 saturated carbocycles. The summed E-state index contributed by atoms with van der Waals surface area (Å²) in [5.74, 6) is -1.02. The average Bonchev–Trinajstić information content (AvgIpc) is 2.71. The van der Waals surface area contributed by atoms with Crippen molar-refractivity contribution in [2.45, 2.75) is 78.0 Å². The Kier molecular flexibility index (Phi) is 9.78. The molecule has 0 radical (unpaired) electrons. The summed E-state index contributed by atoms with van der Waals surface area (Å²) in [7, 11) is 0. The van der Waals surface area contributed by atoms with Crippen molar-refractivity contribution in [3.8, 4) is 5.75 Å². The van der Waals surface area contributed by atoms with Crippen molar-refractivity contribution in [1.29, 1.82) is 0 Å². The van der Waals surface area contributed by atoms with Gasteiger partial charge >= 0.3 is 11.9 Å². The number of nitrogens with one attached hydrogen (secondary N) is 1. The number of carbonyl (C=O) groups is 3. The van der Waals surface area contributed by atoms with E-state index in [0.717, 1.165) is 43.6 Å². The molecule has 2 atom stereocenters. The summed E-state index contributed by atoms with van der Waals surface area (Å²) in [6.07, 6.45) is 4.10. The van der Waals surface area contributed by atoms with Gasteiger partial charge in [-0.05, 0) is 50.7 Å². The molecule has 1 aliphatic heterocycles. The van der Waals surface area contributed by atoms with E-state index in [1.54, 1.807) is 6.07 Å². The molecule has 1 fully saturated rings. The number of hydrogen-bond acceptors (Lipinski definition) is 7. The second kappa shape index (κ2) is 12.3. The molecule has 31 heavy (non-hydrogen) atoms. The van der Waals surface area contributed by atoms with Gasteiger partial charge in [-0.2, -0.15) is 0 Å². The van der Waals surface area contributed by atoms with Gasteiger partial charge < -0.3 is 19.7 Å². The molecular formula is C23H35N3O5. The van der Waals surface area contributed by atoms with E-state index in [0.29, 0.717) is 12.2 Å². The number of piperidine rings is 1. The largest absolute Gasteiger partial charge is 0.447 e. The molecule has 1 aromatic rings. The summed E-state index contributed by atoms with van der Waals surface area (Å²) in [5.41, 5.74) is 7.66. The summed E-state index contributed by atoms with van der Waals surface area (Å²) in [4.78, 5) is 38.8. The molecule has 0 aromatic heterocycles. The van der Waals surface area contributed by atoms with Crippen LogP contribution >= 0.6 is 0 Å². The first-order valence-corrected chi connectivity index (χ1v) is 11.1. The highest BCUT2D eigenvalue weighted by molar-refractivity contribution is 5.86. The molecule has 1 aliphatic rings. The van der Waals surface area contributed by atoms with Crippen LogP contribution in [-0.4, -0.2) is 43.2 Å². The first-order valence-electron chi connectivity index (χ1n) is 11.1. The van der Waals surface area contributed by atoms with E-state index in [2.05, 4.69) is 10.2 Å². The predicted molar refractivity (Wildman–Crippen MR) is 119 cm³/mol. The van der Waals surface area contributed by atoms with E-state index in [-0.39, 0.29) is 18.7 Å². The van der Waals surface area contributed by atoms with Gasteiger partial charge in [0.05, 0.1) is 5.69 Å². The van der Waals surface area contributed by atoms with E-state index in [9.17, 15) is 14.4 Å². The molecule has 1 saturated heterocycles. The smallest absolute Gasteiger partial charge is 0.334 e. The van der Waals surface area contributed by atoms with E-state index < -0.39 is 24.2 Å². The molecule has 172 valence electrons. The normalized spacial score (nSPS) is 15.7. The van der Waals surface area contributed by atoms with Gasteiger partial charge in [-0.1, -0.05) is 25.5 Å². The lowest BCUT2D eigenvalue weighted by atomic mass is 10.1. The summed E-state index contributed by atoms with van der Waals surface area (Å²) in [5, 5.41) is 2.58. The number of benzene rings is 1. The number of esters is 2. The minimum atomic E-state index is -0.956. The lowest BCUT2D eigenvalue weighted by molar-refractivity contribution is -0.150. The predicted octanol–water partition coefficient (Wildman–Crippen LogP) is 2.80. The van der Waals surface area contributed by atoms with Crippen LogP contribution in [0.1, 0.15) is 64.4 Å². The van der Waals surface area contributed by atoms with Crippen LogP contribution in [0.4, 0.5) is 5.69 Å². The van der Waals surface area contributed by atoms with E-state index in [1.165, 1.54) is 13.3 Å². The highest BCUT2D eigenvalue weighted by Gasteiger charge is 2.26. The molecule has 0 spiro atoms. The van der Waals surface area contributed by atoms with Crippen LogP contribution in [0.15, 0.2) is 18.2 Å². The Bertz CT molecular complexity index is 762. The van der Waals surface area contributed by atoms with Gasteiger partial charge in [-0.25, -0.2) is 4.79 Å². The number of amides is 1. The van der Waals surface area contributed by atoms with Gasteiger partial charge in [0.15, 0.2) is 12.0 Å². The first-order chi connectivity index (χ1) is 14.8. The number of rotatable bonds is 10. The maximum atomic E-state index is 12.9. The lowest BCUT2D eigenvalue weighted by Gasteiger charge is -2.31. The quantitative estimate of drug-likeness (QED) is 0.332. The molecule has 8 nitrogen and oxygen atoms in total. The SMILES string of the molecule is CCC[C@@H](N)OC(=O)CC[C@@H](NC(C)=O)C(=O)Oc1cccc(C)c1N1CCCCC1. The third kappa shape index (κ3) is 7.86. The molecule has 2 rings (SSSR count). The number of ether oxygens (including phenoxy) is 2. The van der Waals surface area contributed by atoms with Crippen LogP contribution < -0.4 is 20.7 Å². The Morgan fingerprint density at radius 2 is 1.87 bits per heavy atom. The minimum Gasteiger partial charge on any atom is -0.447 e. The van der Waals surface area contributed by atoms with Crippen LogP contribution in [0.3, 0.4) is 0 Å². The van der Waals surface area contributed by atoms with Gasteiger partial charge in [-0.3, -0.25) is 15.3 Å². The van der Waals surface area contributed by atoms with Crippen LogP contribution in [0.25, 0.3) is 0 Å². The third-order valence-corrected chi connectivity index (χ3v) is 5.24. The summed E-state index contributed by atoms with van der Waals surface area (Å²) >= 11 is 0. The number of nitrogens with two attached hydrogens (primary N) is 1. The third-order valence-electron chi connectivity index (χ3n) is 5.24. The van der Waals surface area contributed by atoms with Crippen molar-refractivity contribution in [3.05, 3.63) is 23.8 Å². The molecule has 0 aliphatic carbocycles. The number of carbonyl (C=O) groups excluding carboxylic acids is 3. The van der Waals surface area contributed by atoms with Crippen molar-refractivity contribution in [2.24, 2.45) is 5.73 Å². The molecule has 1 amide bonds. The van der Waals surface area contributed by atoms with Crippen LogP contribution in [-0.2, 0) is 19.1 Å². The van der Waals surface area contributed by atoms with E-state index in [4.69, 9.17) is 15.2 Å². The summed E-state index contributed by atoms with van der Waals surface area (Å²) < 4.78 is 10.8. The van der Waals surface area contributed by atoms with E-state index >= 15 is 0 Å². The molecule has 8 heteroatoms. The second-order valence-electron chi connectivity index (χ2n) is 8.00. The Labute approximate surface area is 184 Å². The Hall–Kier alpha value is -2.61. The minimum absolute atomic E-state index is 0.0513. The topological polar surface area (TPSA) is 111 Å². The summed E-state index contributed by atoms with van der Waals surface area (Å²) in [6.45, 7) is 7.08. The fraction of sp³-hybridized carbons (Fsp3) is 0.609. The van der Waals surface area contributed by atoms with Gasteiger partial charge in [0.2, 0.25) is 5.91 Å². The Balaban J connectivity index is 2.08. The highest BCUT2D eigenvalue weighted by atomic mass is 16.6. The molecule has 1 heterocycles. The van der Waals surface area contributed by atoms with Crippen molar-refractivity contribution in [1.82, 2.24) is 5.32 Å². The highest BCUT2D eigenvalue weighted by Crippen LogP contribution is 2.34. The first kappa shape index (κ1) is 24.7. The molecule has 0 unspecified atom stereocenters. The van der Waals surface area contributed by atoms with Crippen molar-refractivity contribution >= 4 is 23.5 Å². The zero-order valence-corrected chi connectivity index (χ0v) is 18.8. The van der Waals surface area contributed by atoms with Crippen molar-refractivity contribution in [2.75, 3.05) is 18.0 Å². The zero-order chi connectivity index (χ0) is 22.8. The fourth-order valence-corrected chi connectivity index (χ4v) is 3.74. The van der Waals surface area contributed by atoms with Crippen LogP contribution in [0.2, 0.25) is 0 Å². The van der Waals surface area contributed by atoms with Crippen molar-refractivity contribution in [3.63, 3.8) is 0 Å². The average molecular weight is 434 g/mol. The molecule has 1 aromatic carbocycles. The Morgan fingerprint density at radius 3 is 2.52 bits per heavy atom. The lowest BCUT2D eigenvalue weighted by Crippen LogP contribution is -2.43. The summed E-state index contributed by atoms with van der Waals surface area (Å²) in [6, 6.07) is 4.63. The maximum absolute atomic E-state index is 12.9. The number of anilines is 1. The van der Waals surface area contributed by atoms with Gasteiger partial charge in [0.25, 0.3) is 0 Å². The number of para-hydroxylation sites is 1. The van der Waals surface area contributed by atoms with Crippen molar-refractivity contribution < 1.29 is 23.9 Å². The van der Waals surface area contributed by atoms with E-state index in [1.807, 2.05) is 26.0 Å². The molecule has 3 N–H and O–H groups in total. The van der Waals surface area contributed by atoms with Crippen LogP contribution in [0.5, 0.6) is 5.75 Å². The van der Waals surface area contributed by atoms with Gasteiger partial charge in [0, 0.05) is 26.4 Å². The van der Waals surface area contributed by atoms with Crippen LogP contribution in [0, 0.1) is 6.92 Å². The second-order valence-corrected chi connectivity index (χ2v) is 8.00. The molecular weight excluding hydrogens is 398 g/mol. The number of hydrogen-bond donors (Lipinski definition) is 2.